The number of nitro groups is 1. The van der Waals surface area contributed by atoms with Crippen LogP contribution in [0.4, 0.5) is 16.2 Å². The van der Waals surface area contributed by atoms with E-state index in [9.17, 15) is 14.9 Å². The third kappa shape index (κ3) is 3.91. The highest BCUT2D eigenvalue weighted by Crippen LogP contribution is 2.20. The monoisotopic (exact) mass is 292 g/mol. The van der Waals surface area contributed by atoms with E-state index in [4.69, 9.17) is 5.73 Å². The maximum absolute atomic E-state index is 12.2. The summed E-state index contributed by atoms with van der Waals surface area (Å²) in [4.78, 5) is 24.1. The quantitative estimate of drug-likeness (QED) is 0.658. The predicted molar refractivity (Wildman–Crippen MR) is 80.1 cm³/mol. The molecule has 1 aromatic carbocycles. The molecule has 114 valence electrons. The molecular formula is C14H20N4O3. The van der Waals surface area contributed by atoms with Crippen LogP contribution in [0.5, 0.6) is 0 Å². The highest BCUT2D eigenvalue weighted by molar-refractivity contribution is 5.89. The molecule has 0 aromatic heterocycles. The largest absolute Gasteiger partial charge is 0.328 e. The summed E-state index contributed by atoms with van der Waals surface area (Å²) in [7, 11) is 0. The number of anilines is 1. The van der Waals surface area contributed by atoms with Crippen LogP contribution in [-0.2, 0) is 0 Å². The second-order valence-electron chi connectivity index (χ2n) is 5.44. The van der Waals surface area contributed by atoms with Crippen LogP contribution in [0.3, 0.4) is 0 Å². The molecule has 0 aliphatic carbocycles. The number of carbonyl (C=O) groups excluding carboxylic acids is 1. The number of hydrogen-bond donors (Lipinski definition) is 2. The van der Waals surface area contributed by atoms with E-state index in [1.807, 2.05) is 6.92 Å². The Hall–Kier alpha value is -2.15. The molecule has 7 heteroatoms. The summed E-state index contributed by atoms with van der Waals surface area (Å²) in [5.74, 6) is 0.321. The van der Waals surface area contributed by atoms with Crippen molar-refractivity contribution in [3.05, 3.63) is 34.4 Å². The summed E-state index contributed by atoms with van der Waals surface area (Å²) >= 11 is 0. The zero-order chi connectivity index (χ0) is 15.4. The van der Waals surface area contributed by atoms with Gasteiger partial charge in [0.1, 0.15) is 0 Å². The summed E-state index contributed by atoms with van der Waals surface area (Å²) < 4.78 is 0. The Balaban J connectivity index is 1.96. The van der Waals surface area contributed by atoms with E-state index in [-0.39, 0.29) is 17.8 Å². The van der Waals surface area contributed by atoms with Crippen molar-refractivity contribution in [3.63, 3.8) is 0 Å². The fraction of sp³-hybridized carbons (Fsp3) is 0.500. The predicted octanol–water partition coefficient (Wildman–Crippen LogP) is 2.19. The molecule has 0 radical (unpaired) electrons. The van der Waals surface area contributed by atoms with Crippen molar-refractivity contribution < 1.29 is 9.72 Å². The Morgan fingerprint density at radius 1 is 1.48 bits per heavy atom. The number of rotatable bonds is 3. The van der Waals surface area contributed by atoms with Crippen molar-refractivity contribution in [1.82, 2.24) is 4.90 Å². The van der Waals surface area contributed by atoms with Crippen molar-refractivity contribution in [3.8, 4) is 0 Å². The van der Waals surface area contributed by atoms with Gasteiger partial charge in [-0.2, -0.15) is 0 Å². The smallest absolute Gasteiger partial charge is 0.321 e. The number of nitrogens with two attached hydrogens (primary N) is 1. The van der Waals surface area contributed by atoms with Gasteiger partial charge < -0.3 is 16.0 Å². The molecule has 0 spiro atoms. The van der Waals surface area contributed by atoms with Gasteiger partial charge in [0.25, 0.3) is 5.69 Å². The molecule has 2 unspecified atom stereocenters. The number of amides is 2. The molecule has 2 atom stereocenters. The molecule has 2 rings (SSSR count). The number of piperidine rings is 1. The van der Waals surface area contributed by atoms with Crippen molar-refractivity contribution in [2.45, 2.75) is 25.8 Å². The first-order valence-electron chi connectivity index (χ1n) is 7.03. The molecule has 1 aliphatic rings. The fourth-order valence-corrected chi connectivity index (χ4v) is 2.49. The standard InChI is InChI=1S/C14H20N4O3/c1-10(15)11-3-2-8-17(9-11)14(19)16-12-4-6-13(7-5-12)18(20)21/h4-7,10-11H,2-3,8-9,15H2,1H3,(H,16,19). The summed E-state index contributed by atoms with van der Waals surface area (Å²) in [5.41, 5.74) is 6.46. The van der Waals surface area contributed by atoms with Gasteiger partial charge in [0, 0.05) is 37.0 Å². The van der Waals surface area contributed by atoms with E-state index < -0.39 is 4.92 Å². The second kappa shape index (κ2) is 6.53. The van der Waals surface area contributed by atoms with Gasteiger partial charge in [-0.25, -0.2) is 4.79 Å². The number of urea groups is 1. The van der Waals surface area contributed by atoms with Crippen LogP contribution in [0, 0.1) is 16.0 Å². The van der Waals surface area contributed by atoms with Gasteiger partial charge in [-0.3, -0.25) is 10.1 Å². The lowest BCUT2D eigenvalue weighted by atomic mass is 9.92. The Morgan fingerprint density at radius 3 is 2.71 bits per heavy atom. The van der Waals surface area contributed by atoms with E-state index >= 15 is 0 Å². The highest BCUT2D eigenvalue weighted by atomic mass is 16.6. The summed E-state index contributed by atoms with van der Waals surface area (Å²) in [6.07, 6.45) is 1.98. The topological polar surface area (TPSA) is 102 Å². The number of nitro benzene ring substituents is 1. The zero-order valence-electron chi connectivity index (χ0n) is 12.0. The first-order valence-corrected chi connectivity index (χ1v) is 7.03. The van der Waals surface area contributed by atoms with Gasteiger partial charge in [0.05, 0.1) is 4.92 Å². The molecule has 7 nitrogen and oxygen atoms in total. The Morgan fingerprint density at radius 2 is 2.14 bits per heavy atom. The maximum atomic E-state index is 12.2. The molecule has 1 saturated heterocycles. The number of hydrogen-bond acceptors (Lipinski definition) is 4. The average molecular weight is 292 g/mol. The number of nitrogens with one attached hydrogen (secondary N) is 1. The number of non-ortho nitro benzene ring substituents is 1. The molecule has 21 heavy (non-hydrogen) atoms. The van der Waals surface area contributed by atoms with Gasteiger partial charge in [-0.05, 0) is 37.8 Å². The van der Waals surface area contributed by atoms with Gasteiger partial charge >= 0.3 is 6.03 Å². The third-order valence-electron chi connectivity index (χ3n) is 3.82. The molecule has 0 saturated carbocycles. The summed E-state index contributed by atoms with van der Waals surface area (Å²) in [6, 6.07) is 5.69. The van der Waals surface area contributed by atoms with Crippen LogP contribution >= 0.6 is 0 Å². The van der Waals surface area contributed by atoms with E-state index in [0.717, 1.165) is 12.8 Å². The SMILES string of the molecule is CC(N)C1CCCN(C(=O)Nc2ccc([N+](=O)[O-])cc2)C1. The number of nitrogens with zero attached hydrogens (tertiary/aromatic N) is 2. The molecule has 1 heterocycles. The Labute approximate surface area is 123 Å². The van der Waals surface area contributed by atoms with E-state index in [0.29, 0.717) is 24.7 Å². The molecular weight excluding hydrogens is 272 g/mol. The third-order valence-corrected chi connectivity index (χ3v) is 3.82. The zero-order valence-corrected chi connectivity index (χ0v) is 12.0. The van der Waals surface area contributed by atoms with E-state index in [1.165, 1.54) is 24.3 Å². The number of benzene rings is 1. The normalized spacial score (nSPS) is 19.9. The molecule has 0 bridgehead atoms. The molecule has 1 fully saturated rings. The van der Waals surface area contributed by atoms with Gasteiger partial charge in [0.2, 0.25) is 0 Å². The van der Waals surface area contributed by atoms with Gasteiger partial charge in [-0.15, -0.1) is 0 Å². The minimum absolute atomic E-state index is 0.00277. The van der Waals surface area contributed by atoms with Crippen LogP contribution in [0.15, 0.2) is 24.3 Å². The second-order valence-corrected chi connectivity index (χ2v) is 5.44. The first kappa shape index (κ1) is 15.2. The summed E-state index contributed by atoms with van der Waals surface area (Å²) in [5, 5.41) is 13.3. The lowest BCUT2D eigenvalue weighted by molar-refractivity contribution is -0.384. The van der Waals surface area contributed by atoms with Gasteiger partial charge in [-0.1, -0.05) is 0 Å². The lowest BCUT2D eigenvalue weighted by Gasteiger charge is -2.34. The van der Waals surface area contributed by atoms with Crippen LogP contribution in [0.1, 0.15) is 19.8 Å². The lowest BCUT2D eigenvalue weighted by Crippen LogP contribution is -2.46. The highest BCUT2D eigenvalue weighted by Gasteiger charge is 2.25. The summed E-state index contributed by atoms with van der Waals surface area (Å²) in [6.45, 7) is 3.32. The van der Waals surface area contributed by atoms with E-state index in [2.05, 4.69) is 5.32 Å². The number of likely N-dealkylation sites (tertiary alicyclic amines) is 1. The Bertz CT molecular complexity index is 515. The van der Waals surface area contributed by atoms with Crippen molar-refractivity contribution in [1.29, 1.82) is 0 Å². The molecule has 3 N–H and O–H groups in total. The maximum Gasteiger partial charge on any atom is 0.321 e. The van der Waals surface area contributed by atoms with E-state index in [1.54, 1.807) is 4.90 Å². The minimum Gasteiger partial charge on any atom is -0.328 e. The van der Waals surface area contributed by atoms with Crippen LogP contribution < -0.4 is 11.1 Å². The van der Waals surface area contributed by atoms with Crippen molar-refractivity contribution in [2.24, 2.45) is 11.7 Å². The average Bonchev–Trinajstić information content (AvgIpc) is 2.48. The Kier molecular flexibility index (Phi) is 4.74. The van der Waals surface area contributed by atoms with Crippen LogP contribution in [-0.4, -0.2) is 35.0 Å². The van der Waals surface area contributed by atoms with Crippen molar-refractivity contribution >= 4 is 17.4 Å². The van der Waals surface area contributed by atoms with Gasteiger partial charge in [0.15, 0.2) is 0 Å². The van der Waals surface area contributed by atoms with Crippen molar-refractivity contribution in [2.75, 3.05) is 18.4 Å². The molecule has 1 aromatic rings. The van der Waals surface area contributed by atoms with Crippen LogP contribution in [0.2, 0.25) is 0 Å². The molecule has 2 amide bonds. The minimum atomic E-state index is -0.469. The fourth-order valence-electron chi connectivity index (χ4n) is 2.49. The molecule has 1 aliphatic heterocycles. The first-order chi connectivity index (χ1) is 9.97. The van der Waals surface area contributed by atoms with Crippen LogP contribution in [0.25, 0.3) is 0 Å². The number of carbonyl (C=O) groups is 1.